The van der Waals surface area contributed by atoms with E-state index in [-0.39, 0.29) is 18.6 Å². The molecule has 2 aromatic carbocycles. The average Bonchev–Trinajstić information content (AvgIpc) is 3.28. The molecule has 0 saturated carbocycles. The minimum absolute atomic E-state index is 0.104. The van der Waals surface area contributed by atoms with Crippen LogP contribution in [0.1, 0.15) is 35.6 Å². The quantitative estimate of drug-likeness (QED) is 0.222. The fourth-order valence-electron chi connectivity index (χ4n) is 5.08. The number of para-hydroxylation sites is 2. The number of benzene rings is 2. The Morgan fingerprint density at radius 2 is 1.94 bits per heavy atom. The summed E-state index contributed by atoms with van der Waals surface area (Å²) in [6, 6.07) is 17.5. The number of esters is 1. The summed E-state index contributed by atoms with van der Waals surface area (Å²) < 4.78 is 6.83. The highest BCUT2D eigenvalue weighted by Crippen LogP contribution is 2.40. The van der Waals surface area contributed by atoms with Crippen molar-refractivity contribution < 1.29 is 14.6 Å². The lowest BCUT2D eigenvalue weighted by atomic mass is 9.86. The molecule has 0 radical (unpaired) electrons. The number of carbonyl (C=O) groups is 1. The van der Waals surface area contributed by atoms with Gasteiger partial charge < -0.3 is 14.4 Å². The standard InChI is InChI=1S/C28H23N3O4S/c1-3-28(34)20-12-23-25-18(14-31(23)26(32)19(20)15-35-27(28)33)17(16-8-4-5-9-21(16)30-25)13-29-22-10-6-7-11-24(22)36-2/h4-13,34H,3,14-15H2,1-2H3/t28-/m0/s1. The predicted octanol–water partition coefficient (Wildman–Crippen LogP) is 4.55. The molecule has 2 aromatic heterocycles. The molecule has 0 bridgehead atoms. The molecule has 0 unspecified atom stereocenters. The zero-order valence-electron chi connectivity index (χ0n) is 19.8. The van der Waals surface area contributed by atoms with Crippen LogP contribution in [0.3, 0.4) is 0 Å². The number of rotatable bonds is 4. The second kappa shape index (κ2) is 8.43. The van der Waals surface area contributed by atoms with Gasteiger partial charge in [-0.15, -0.1) is 11.8 Å². The van der Waals surface area contributed by atoms with Crippen molar-refractivity contribution >= 4 is 40.5 Å². The molecule has 4 heterocycles. The number of nitrogens with zero attached hydrogens (tertiary/aromatic N) is 3. The van der Waals surface area contributed by atoms with Gasteiger partial charge in [0.2, 0.25) is 0 Å². The van der Waals surface area contributed by atoms with Crippen molar-refractivity contribution in [3.05, 3.63) is 87.2 Å². The third-order valence-electron chi connectivity index (χ3n) is 7.06. The lowest BCUT2D eigenvalue weighted by molar-refractivity contribution is -0.172. The molecule has 2 aliphatic rings. The minimum Gasteiger partial charge on any atom is -0.458 e. The maximum atomic E-state index is 13.5. The first-order valence-electron chi connectivity index (χ1n) is 11.7. The van der Waals surface area contributed by atoms with E-state index in [0.717, 1.165) is 32.6 Å². The molecular weight excluding hydrogens is 474 g/mol. The van der Waals surface area contributed by atoms with Crippen molar-refractivity contribution in [3.8, 4) is 11.4 Å². The summed E-state index contributed by atoms with van der Waals surface area (Å²) in [5, 5.41) is 12.1. The van der Waals surface area contributed by atoms with Crippen LogP contribution in [-0.4, -0.2) is 33.1 Å². The number of pyridine rings is 2. The summed E-state index contributed by atoms with van der Waals surface area (Å²) >= 11 is 1.63. The number of fused-ring (bicyclic) bond motifs is 5. The number of carbonyl (C=O) groups excluding carboxylic acids is 1. The maximum Gasteiger partial charge on any atom is 0.343 e. The normalized spacial score (nSPS) is 18.2. The molecule has 180 valence electrons. The van der Waals surface area contributed by atoms with Gasteiger partial charge in [0, 0.05) is 33.2 Å². The summed E-state index contributed by atoms with van der Waals surface area (Å²) in [6.45, 7) is 1.86. The van der Waals surface area contributed by atoms with E-state index < -0.39 is 11.6 Å². The average molecular weight is 498 g/mol. The molecule has 36 heavy (non-hydrogen) atoms. The Kier molecular flexibility index (Phi) is 5.31. The molecule has 0 saturated heterocycles. The third kappa shape index (κ3) is 3.25. The second-order valence-electron chi connectivity index (χ2n) is 8.90. The van der Waals surface area contributed by atoms with Crippen LogP contribution in [0.4, 0.5) is 5.69 Å². The Morgan fingerprint density at radius 1 is 1.17 bits per heavy atom. The van der Waals surface area contributed by atoms with Crippen LogP contribution in [0.5, 0.6) is 0 Å². The van der Waals surface area contributed by atoms with Crippen molar-refractivity contribution in [1.82, 2.24) is 9.55 Å². The van der Waals surface area contributed by atoms with Crippen molar-refractivity contribution in [2.75, 3.05) is 6.26 Å². The van der Waals surface area contributed by atoms with Gasteiger partial charge in [-0.05, 0) is 36.9 Å². The van der Waals surface area contributed by atoms with Crippen molar-refractivity contribution in [3.63, 3.8) is 0 Å². The van der Waals surface area contributed by atoms with Crippen LogP contribution < -0.4 is 5.56 Å². The number of aromatic nitrogens is 2. The van der Waals surface area contributed by atoms with Crippen LogP contribution in [0.2, 0.25) is 0 Å². The van der Waals surface area contributed by atoms with Crippen molar-refractivity contribution in [1.29, 1.82) is 0 Å². The first-order valence-corrected chi connectivity index (χ1v) is 12.9. The number of ether oxygens (including phenoxy) is 1. The molecule has 0 fully saturated rings. The number of cyclic esters (lactones) is 1. The lowest BCUT2D eigenvalue weighted by Crippen LogP contribution is -2.44. The molecule has 4 aromatic rings. The molecule has 8 heteroatoms. The van der Waals surface area contributed by atoms with Gasteiger partial charge in [-0.1, -0.05) is 37.3 Å². The number of aliphatic hydroxyl groups is 1. The fourth-order valence-corrected chi connectivity index (χ4v) is 5.62. The van der Waals surface area contributed by atoms with E-state index in [1.54, 1.807) is 29.3 Å². The Labute approximate surface area is 211 Å². The van der Waals surface area contributed by atoms with E-state index in [9.17, 15) is 14.7 Å². The fraction of sp³-hybridized carbons (Fsp3) is 0.214. The number of thioether (sulfide) groups is 1. The molecule has 1 atom stereocenters. The number of hydrogen-bond acceptors (Lipinski definition) is 7. The summed E-state index contributed by atoms with van der Waals surface area (Å²) in [6.07, 6.45) is 3.97. The van der Waals surface area contributed by atoms with Crippen LogP contribution in [-0.2, 0) is 28.3 Å². The van der Waals surface area contributed by atoms with Crippen molar-refractivity contribution in [2.24, 2.45) is 4.99 Å². The molecule has 0 aliphatic carbocycles. The number of aliphatic imine (C=N–C) groups is 1. The highest BCUT2D eigenvalue weighted by atomic mass is 32.2. The lowest BCUT2D eigenvalue weighted by Gasteiger charge is -2.31. The van der Waals surface area contributed by atoms with Gasteiger partial charge in [0.1, 0.15) is 6.61 Å². The smallest absolute Gasteiger partial charge is 0.343 e. The number of hydrogen-bond donors (Lipinski definition) is 1. The topological polar surface area (TPSA) is 93.8 Å². The van der Waals surface area contributed by atoms with E-state index >= 15 is 0 Å². The summed E-state index contributed by atoms with van der Waals surface area (Å²) in [7, 11) is 0. The second-order valence-corrected chi connectivity index (χ2v) is 9.75. The monoisotopic (exact) mass is 497 g/mol. The largest absolute Gasteiger partial charge is 0.458 e. The Bertz CT molecular complexity index is 1660. The zero-order valence-corrected chi connectivity index (χ0v) is 20.6. The van der Waals surface area contributed by atoms with E-state index in [1.165, 1.54) is 0 Å². The van der Waals surface area contributed by atoms with E-state index in [1.807, 2.05) is 61.0 Å². The third-order valence-corrected chi connectivity index (χ3v) is 7.84. The van der Waals surface area contributed by atoms with Crippen molar-refractivity contribution in [2.45, 2.75) is 37.0 Å². The van der Waals surface area contributed by atoms with E-state index in [0.29, 0.717) is 29.1 Å². The molecule has 0 spiro atoms. The van der Waals surface area contributed by atoms with Gasteiger partial charge in [0.15, 0.2) is 5.60 Å². The summed E-state index contributed by atoms with van der Waals surface area (Å²) in [5.41, 5.74) is 3.15. The molecule has 1 N–H and O–H groups in total. The Morgan fingerprint density at radius 3 is 2.75 bits per heavy atom. The summed E-state index contributed by atoms with van der Waals surface area (Å²) in [5.74, 6) is -0.730. The first kappa shape index (κ1) is 22.7. The highest BCUT2D eigenvalue weighted by Gasteiger charge is 2.45. The Balaban J connectivity index is 1.59. The van der Waals surface area contributed by atoms with E-state index in [4.69, 9.17) is 14.7 Å². The molecular formula is C28H23N3O4S. The van der Waals surface area contributed by atoms with Crippen LogP contribution in [0, 0.1) is 0 Å². The molecule has 0 amide bonds. The van der Waals surface area contributed by atoms with Gasteiger partial charge in [0.05, 0.1) is 34.7 Å². The summed E-state index contributed by atoms with van der Waals surface area (Å²) in [4.78, 5) is 36.8. The van der Waals surface area contributed by atoms with Gasteiger partial charge in [-0.25, -0.2) is 9.78 Å². The van der Waals surface area contributed by atoms with Gasteiger partial charge in [-0.3, -0.25) is 9.79 Å². The molecule has 6 rings (SSSR count). The highest BCUT2D eigenvalue weighted by molar-refractivity contribution is 7.98. The van der Waals surface area contributed by atoms with Crippen LogP contribution in [0.15, 0.2) is 69.3 Å². The van der Waals surface area contributed by atoms with Gasteiger partial charge in [0.25, 0.3) is 5.56 Å². The Hall–Kier alpha value is -3.75. The molecule has 2 aliphatic heterocycles. The van der Waals surface area contributed by atoms with Gasteiger partial charge in [-0.2, -0.15) is 0 Å². The van der Waals surface area contributed by atoms with Crippen LogP contribution in [0.25, 0.3) is 22.3 Å². The van der Waals surface area contributed by atoms with Gasteiger partial charge >= 0.3 is 5.97 Å². The predicted molar refractivity (Wildman–Crippen MR) is 140 cm³/mol. The first-order chi connectivity index (χ1) is 17.5. The zero-order chi connectivity index (χ0) is 25.0. The van der Waals surface area contributed by atoms with Crippen LogP contribution >= 0.6 is 11.8 Å². The SMILES string of the molecule is CC[C@@]1(O)C(=O)OCc2c1cc1n(c2=O)Cc2c-1nc1ccccc1c2C=Nc1ccccc1SC. The minimum atomic E-state index is -1.85. The maximum absolute atomic E-state index is 13.5. The molecule has 7 nitrogen and oxygen atoms in total. The van der Waals surface area contributed by atoms with E-state index in [2.05, 4.69) is 0 Å².